The van der Waals surface area contributed by atoms with E-state index in [1.807, 2.05) is 41.9 Å². The maximum absolute atomic E-state index is 13.1. The van der Waals surface area contributed by atoms with Crippen molar-refractivity contribution < 1.29 is 9.21 Å². The fourth-order valence-corrected chi connectivity index (χ4v) is 5.64. The number of thioether (sulfide) groups is 1. The lowest BCUT2D eigenvalue weighted by Crippen LogP contribution is -2.28. The van der Waals surface area contributed by atoms with Gasteiger partial charge in [0.1, 0.15) is 5.76 Å². The molecular weight excluding hydrogens is 452 g/mol. The summed E-state index contributed by atoms with van der Waals surface area (Å²) in [7, 11) is 0. The number of aryl methyl sites for hydroxylation is 1. The Morgan fingerprint density at radius 1 is 1.26 bits per heavy atom. The van der Waals surface area contributed by atoms with Crippen LogP contribution in [-0.4, -0.2) is 37.3 Å². The Morgan fingerprint density at radius 2 is 2.10 bits per heavy atom. The molecule has 0 bridgehead atoms. The first kappa shape index (κ1) is 20.0. The van der Waals surface area contributed by atoms with E-state index < -0.39 is 0 Å². The number of nitrogens with two attached hydrogens (primary N) is 1. The summed E-state index contributed by atoms with van der Waals surface area (Å²) in [6.07, 6.45) is 2.28. The predicted octanol–water partition coefficient (Wildman–Crippen LogP) is 4.15. The van der Waals surface area contributed by atoms with Gasteiger partial charge in [0.25, 0.3) is 5.91 Å². The van der Waals surface area contributed by atoms with Gasteiger partial charge in [0, 0.05) is 11.3 Å². The average Bonchev–Trinajstić information content (AvgIpc) is 3.57. The van der Waals surface area contributed by atoms with Crippen molar-refractivity contribution in [3.8, 4) is 11.4 Å². The average molecular weight is 471 g/mol. The summed E-state index contributed by atoms with van der Waals surface area (Å²) in [5.74, 6) is 7.43. The minimum Gasteiger partial charge on any atom is -0.469 e. The van der Waals surface area contributed by atoms with Crippen LogP contribution in [0.5, 0.6) is 0 Å². The summed E-state index contributed by atoms with van der Waals surface area (Å²) >= 11 is 4.51. The van der Waals surface area contributed by atoms with Crippen molar-refractivity contribution in [2.24, 2.45) is 5.10 Å². The van der Waals surface area contributed by atoms with E-state index in [0.29, 0.717) is 23.2 Å². The zero-order valence-electron chi connectivity index (χ0n) is 16.5. The molecule has 1 unspecified atom stereocenters. The summed E-state index contributed by atoms with van der Waals surface area (Å²) in [5.41, 5.74) is 1.71. The fraction of sp³-hybridized carbons (Fsp3) is 0.200. The Bertz CT molecular complexity index is 1230. The highest BCUT2D eigenvalue weighted by Gasteiger charge is 2.34. The highest BCUT2D eigenvalue weighted by Crippen LogP contribution is 2.36. The fourth-order valence-electron chi connectivity index (χ4n) is 3.40. The highest BCUT2D eigenvalue weighted by atomic mass is 32.2. The number of nitrogens with zero attached hydrogens (tertiary/aromatic N) is 5. The smallest absolute Gasteiger partial charge is 0.253 e. The molecule has 1 aliphatic heterocycles. The van der Waals surface area contributed by atoms with E-state index >= 15 is 0 Å². The Labute approximate surface area is 190 Å². The number of carbonyl (C=O) groups is 1. The molecule has 1 aliphatic rings. The van der Waals surface area contributed by atoms with Crippen LogP contribution in [0.4, 0.5) is 0 Å². The quantitative estimate of drug-likeness (QED) is 0.335. The molecule has 0 aromatic carbocycles. The van der Waals surface area contributed by atoms with Gasteiger partial charge in [0.05, 0.1) is 34.2 Å². The molecule has 0 fully saturated rings. The van der Waals surface area contributed by atoms with E-state index in [1.165, 1.54) is 16.4 Å². The molecular formula is C20H18N6O2S3. The number of hydrogen-bond donors (Lipinski definition) is 1. The second-order valence-corrected chi connectivity index (χ2v) is 9.72. The van der Waals surface area contributed by atoms with Crippen molar-refractivity contribution in [2.75, 3.05) is 11.6 Å². The molecule has 1 atom stereocenters. The summed E-state index contributed by atoms with van der Waals surface area (Å²) in [5, 5.41) is 19.1. The molecule has 8 nitrogen and oxygen atoms in total. The first-order valence-corrected chi connectivity index (χ1v) is 12.2. The number of aromatic nitrogens is 3. The van der Waals surface area contributed by atoms with Gasteiger partial charge in [0.2, 0.25) is 5.16 Å². The maximum atomic E-state index is 13.1. The van der Waals surface area contributed by atoms with Crippen LogP contribution in [0.15, 0.2) is 62.0 Å². The maximum Gasteiger partial charge on any atom is 0.253 e. The lowest BCUT2D eigenvalue weighted by atomic mass is 10.1. The largest absolute Gasteiger partial charge is 0.469 e. The van der Waals surface area contributed by atoms with Crippen LogP contribution in [-0.2, 0) is 4.79 Å². The van der Waals surface area contributed by atoms with Gasteiger partial charge in [0.15, 0.2) is 5.82 Å². The minimum absolute atomic E-state index is 0.0925. The lowest BCUT2D eigenvalue weighted by Gasteiger charge is -2.20. The Balaban J connectivity index is 1.34. The standard InChI is InChI=1S/C20H18N6O2S3/c1-12-13(6-7-28-12)19-22-23-20(25(19)21)31-11-18(27)26-15(17-5-3-9-30-17)10-14(24-26)16-4-2-8-29-16/h2-9,15H,10-11,21H2,1H3. The van der Waals surface area contributed by atoms with Gasteiger partial charge in [-0.05, 0) is 35.9 Å². The SMILES string of the molecule is Cc1occc1-c1nnc(SCC(=O)N2N=C(c3cccs3)CC2c2cccs2)n1N. The molecule has 11 heteroatoms. The molecule has 2 N–H and O–H groups in total. The molecule has 0 radical (unpaired) electrons. The molecule has 0 aliphatic carbocycles. The zero-order chi connectivity index (χ0) is 21.4. The number of carbonyl (C=O) groups excluding carboxylic acids is 1. The molecule has 0 saturated heterocycles. The van der Waals surface area contributed by atoms with Crippen LogP contribution in [0.3, 0.4) is 0 Å². The molecule has 1 amide bonds. The second kappa shape index (κ2) is 8.33. The molecule has 4 aromatic heterocycles. The van der Waals surface area contributed by atoms with Crippen molar-refractivity contribution >= 4 is 46.1 Å². The molecule has 5 heterocycles. The molecule has 0 spiro atoms. The first-order valence-electron chi connectivity index (χ1n) is 9.46. The normalized spacial score (nSPS) is 16.1. The van der Waals surface area contributed by atoms with Crippen molar-refractivity contribution in [3.63, 3.8) is 0 Å². The van der Waals surface area contributed by atoms with E-state index in [4.69, 9.17) is 10.3 Å². The van der Waals surface area contributed by atoms with Crippen LogP contribution in [0, 0.1) is 6.92 Å². The third-order valence-electron chi connectivity index (χ3n) is 4.93. The highest BCUT2D eigenvalue weighted by molar-refractivity contribution is 7.99. The Morgan fingerprint density at radius 3 is 2.81 bits per heavy atom. The van der Waals surface area contributed by atoms with Gasteiger partial charge in [-0.15, -0.1) is 32.9 Å². The van der Waals surface area contributed by atoms with Crippen LogP contribution >= 0.6 is 34.4 Å². The number of hydrogen-bond acceptors (Lipinski definition) is 9. The monoisotopic (exact) mass is 470 g/mol. The summed E-state index contributed by atoms with van der Waals surface area (Å²) in [6, 6.07) is 9.77. The van der Waals surface area contributed by atoms with Gasteiger partial charge >= 0.3 is 0 Å². The number of thiophene rings is 2. The van der Waals surface area contributed by atoms with Gasteiger partial charge in [-0.2, -0.15) is 5.10 Å². The Kier molecular flexibility index (Phi) is 5.38. The van der Waals surface area contributed by atoms with Gasteiger partial charge in [-0.25, -0.2) is 9.69 Å². The van der Waals surface area contributed by atoms with E-state index in [9.17, 15) is 4.79 Å². The second-order valence-electron chi connectivity index (χ2n) is 6.85. The van der Waals surface area contributed by atoms with Crippen molar-refractivity contribution in [1.29, 1.82) is 0 Å². The first-order chi connectivity index (χ1) is 15.1. The number of nitrogen functional groups attached to an aromatic ring is 1. The van der Waals surface area contributed by atoms with Crippen LogP contribution in [0.25, 0.3) is 11.4 Å². The third kappa shape index (κ3) is 3.80. The molecule has 5 rings (SSSR count). The van der Waals surface area contributed by atoms with Crippen molar-refractivity contribution in [1.82, 2.24) is 19.9 Å². The van der Waals surface area contributed by atoms with E-state index in [2.05, 4.69) is 15.3 Å². The topological polar surface area (TPSA) is 103 Å². The summed E-state index contributed by atoms with van der Waals surface area (Å²) in [6.45, 7) is 1.83. The number of furan rings is 1. The molecule has 158 valence electrons. The predicted molar refractivity (Wildman–Crippen MR) is 123 cm³/mol. The Hall–Kier alpha value is -2.89. The van der Waals surface area contributed by atoms with Crippen molar-refractivity contribution in [2.45, 2.75) is 24.5 Å². The number of hydrazone groups is 1. The third-order valence-corrected chi connectivity index (χ3v) is 7.75. The minimum atomic E-state index is -0.0982. The lowest BCUT2D eigenvalue weighted by molar-refractivity contribution is -0.130. The molecule has 4 aromatic rings. The van der Waals surface area contributed by atoms with Gasteiger partial charge in [-0.1, -0.05) is 23.9 Å². The van der Waals surface area contributed by atoms with Crippen molar-refractivity contribution in [3.05, 3.63) is 62.9 Å². The van der Waals surface area contributed by atoms with Crippen LogP contribution in [0.1, 0.15) is 28.0 Å². The van der Waals surface area contributed by atoms with Gasteiger partial charge < -0.3 is 10.3 Å². The van der Waals surface area contributed by atoms with Crippen LogP contribution in [0.2, 0.25) is 0 Å². The number of amides is 1. The van der Waals surface area contributed by atoms with E-state index in [1.54, 1.807) is 40.0 Å². The summed E-state index contributed by atoms with van der Waals surface area (Å²) < 4.78 is 6.71. The molecule has 31 heavy (non-hydrogen) atoms. The molecule has 0 saturated carbocycles. The summed E-state index contributed by atoms with van der Waals surface area (Å²) in [4.78, 5) is 15.3. The van der Waals surface area contributed by atoms with Gasteiger partial charge in [-0.3, -0.25) is 4.79 Å². The zero-order valence-corrected chi connectivity index (χ0v) is 18.9. The van der Waals surface area contributed by atoms with Crippen LogP contribution < -0.4 is 5.84 Å². The van der Waals surface area contributed by atoms with E-state index in [0.717, 1.165) is 21.0 Å². The number of rotatable bonds is 6. The van der Waals surface area contributed by atoms with E-state index in [-0.39, 0.29) is 17.7 Å².